The van der Waals surface area contributed by atoms with Gasteiger partial charge in [-0.2, -0.15) is 0 Å². The number of hydrogen-bond donors (Lipinski definition) is 0. The molecule has 0 fully saturated rings. The lowest BCUT2D eigenvalue weighted by Crippen LogP contribution is -2.28. The van der Waals surface area contributed by atoms with E-state index in [-0.39, 0.29) is 12.1 Å². The molecule has 7 heteroatoms. The smallest absolute Gasteiger partial charge is 0.307 e. The third kappa shape index (κ3) is 25.3. The zero-order chi connectivity index (χ0) is 24.6. The van der Waals surface area contributed by atoms with Gasteiger partial charge in [-0.25, -0.2) is 0 Å². The molecule has 0 aromatic heterocycles. The SMILES string of the molecule is CCCCCCCCCCCCSSSCC(C)OC(=O)CCN(C)CCCN(C)CCC. The number of ether oxygens (including phenoxy) is 1. The highest BCUT2D eigenvalue weighted by Gasteiger charge is 2.11. The van der Waals surface area contributed by atoms with Gasteiger partial charge in [0.25, 0.3) is 0 Å². The molecular formula is C26H54N2O2S3. The summed E-state index contributed by atoms with van der Waals surface area (Å²) >= 11 is 0. The minimum Gasteiger partial charge on any atom is -0.462 e. The summed E-state index contributed by atoms with van der Waals surface area (Å²) in [7, 11) is 9.88. The maximum atomic E-state index is 12.1. The van der Waals surface area contributed by atoms with Crippen molar-refractivity contribution in [2.75, 3.05) is 51.8 Å². The van der Waals surface area contributed by atoms with Crippen molar-refractivity contribution in [1.29, 1.82) is 0 Å². The van der Waals surface area contributed by atoms with Gasteiger partial charge in [-0.15, -0.1) is 0 Å². The lowest BCUT2D eigenvalue weighted by molar-refractivity contribution is -0.147. The molecule has 198 valence electrons. The average molecular weight is 523 g/mol. The molecule has 0 aliphatic heterocycles. The fourth-order valence-corrected chi connectivity index (χ4v) is 7.66. The molecule has 0 saturated carbocycles. The highest BCUT2D eigenvalue weighted by Crippen LogP contribution is 2.35. The Hall–Kier alpha value is 0.440. The van der Waals surface area contributed by atoms with E-state index < -0.39 is 0 Å². The van der Waals surface area contributed by atoms with Crippen LogP contribution < -0.4 is 0 Å². The molecule has 0 N–H and O–H groups in total. The molecule has 0 heterocycles. The van der Waals surface area contributed by atoms with Gasteiger partial charge in [0.2, 0.25) is 0 Å². The van der Waals surface area contributed by atoms with Crippen LogP contribution in [0.25, 0.3) is 0 Å². The molecule has 0 bridgehead atoms. The topological polar surface area (TPSA) is 32.8 Å². The first kappa shape index (κ1) is 33.4. The summed E-state index contributed by atoms with van der Waals surface area (Å²) in [6, 6.07) is 0. The van der Waals surface area contributed by atoms with Crippen molar-refractivity contribution in [3.05, 3.63) is 0 Å². The van der Waals surface area contributed by atoms with Crippen LogP contribution in [-0.2, 0) is 9.53 Å². The molecule has 1 atom stereocenters. The van der Waals surface area contributed by atoms with Crippen LogP contribution in [0.15, 0.2) is 0 Å². The Morgan fingerprint density at radius 3 is 1.91 bits per heavy atom. The first-order chi connectivity index (χ1) is 16.0. The van der Waals surface area contributed by atoms with Crippen molar-refractivity contribution in [1.82, 2.24) is 9.80 Å². The van der Waals surface area contributed by atoms with E-state index in [1.54, 1.807) is 0 Å². The first-order valence-electron chi connectivity index (χ1n) is 13.5. The Morgan fingerprint density at radius 2 is 1.30 bits per heavy atom. The molecule has 0 rings (SSSR count). The minimum absolute atomic E-state index is 0.0130. The van der Waals surface area contributed by atoms with E-state index in [0.29, 0.717) is 6.42 Å². The van der Waals surface area contributed by atoms with Crippen LogP contribution in [0.1, 0.15) is 104 Å². The zero-order valence-electron chi connectivity index (χ0n) is 22.4. The molecule has 0 amide bonds. The van der Waals surface area contributed by atoms with Crippen LogP contribution in [-0.4, -0.2) is 73.7 Å². The number of carbonyl (C=O) groups excluding carboxylic acids is 1. The summed E-state index contributed by atoms with van der Waals surface area (Å²) in [6.45, 7) is 10.6. The van der Waals surface area contributed by atoms with Gasteiger partial charge in [0.05, 0.1) is 6.42 Å². The standard InChI is InChI=1S/C26H54N2O2S3/c1-6-8-9-10-11-12-13-14-15-16-23-31-33-32-24-25(3)30-26(29)18-22-28(5)21-17-20-27(4)19-7-2/h25H,6-24H2,1-5H3. The number of rotatable bonds is 25. The van der Waals surface area contributed by atoms with E-state index in [9.17, 15) is 4.79 Å². The van der Waals surface area contributed by atoms with Crippen LogP contribution in [0.5, 0.6) is 0 Å². The van der Waals surface area contributed by atoms with Crippen molar-refractivity contribution in [3.63, 3.8) is 0 Å². The van der Waals surface area contributed by atoms with Crippen molar-refractivity contribution < 1.29 is 9.53 Å². The van der Waals surface area contributed by atoms with Gasteiger partial charge in [0.1, 0.15) is 6.10 Å². The monoisotopic (exact) mass is 522 g/mol. The second-order valence-corrected chi connectivity index (χ2v) is 13.8. The van der Waals surface area contributed by atoms with Crippen molar-refractivity contribution in [2.24, 2.45) is 0 Å². The van der Waals surface area contributed by atoms with Crippen molar-refractivity contribution >= 4 is 37.4 Å². The van der Waals surface area contributed by atoms with E-state index in [0.717, 1.165) is 38.4 Å². The van der Waals surface area contributed by atoms with Crippen LogP contribution >= 0.6 is 31.4 Å². The van der Waals surface area contributed by atoms with Gasteiger partial charge >= 0.3 is 5.97 Å². The van der Waals surface area contributed by atoms with Gasteiger partial charge < -0.3 is 14.5 Å². The van der Waals surface area contributed by atoms with Crippen LogP contribution in [0.3, 0.4) is 0 Å². The lowest BCUT2D eigenvalue weighted by Gasteiger charge is -2.20. The first-order valence-corrected chi connectivity index (χ1v) is 17.3. The number of unbranched alkanes of at least 4 members (excludes halogenated alkanes) is 9. The maximum absolute atomic E-state index is 12.1. The van der Waals surface area contributed by atoms with E-state index in [1.165, 1.54) is 76.4 Å². The Morgan fingerprint density at radius 1 is 0.727 bits per heavy atom. The van der Waals surface area contributed by atoms with E-state index in [2.05, 4.69) is 37.7 Å². The van der Waals surface area contributed by atoms with Gasteiger partial charge in [-0.3, -0.25) is 4.79 Å². The largest absolute Gasteiger partial charge is 0.462 e. The Bertz CT molecular complexity index is 430. The Balaban J connectivity index is 3.45. The predicted molar refractivity (Wildman–Crippen MR) is 154 cm³/mol. The summed E-state index contributed by atoms with van der Waals surface area (Å²) in [5, 5.41) is 0. The molecule has 1 unspecified atom stereocenters. The maximum Gasteiger partial charge on any atom is 0.307 e. The lowest BCUT2D eigenvalue weighted by atomic mass is 10.1. The molecule has 0 radical (unpaired) electrons. The van der Waals surface area contributed by atoms with Crippen molar-refractivity contribution in [3.8, 4) is 0 Å². The summed E-state index contributed by atoms with van der Waals surface area (Å²) in [5.74, 6) is 2.02. The molecule has 0 aromatic carbocycles. The molecular weight excluding hydrogens is 468 g/mol. The molecule has 0 saturated heterocycles. The number of carbonyl (C=O) groups is 1. The highest BCUT2D eigenvalue weighted by molar-refractivity contribution is 9.09. The summed E-state index contributed by atoms with van der Waals surface area (Å²) < 4.78 is 5.57. The average Bonchev–Trinajstić information content (AvgIpc) is 2.78. The fraction of sp³-hybridized carbons (Fsp3) is 0.962. The van der Waals surface area contributed by atoms with E-state index >= 15 is 0 Å². The van der Waals surface area contributed by atoms with Gasteiger partial charge in [-0.1, -0.05) is 93.2 Å². The minimum atomic E-state index is -0.0685. The molecule has 4 nitrogen and oxygen atoms in total. The van der Waals surface area contributed by atoms with E-state index in [4.69, 9.17) is 4.74 Å². The molecule has 0 aliphatic carbocycles. The zero-order valence-corrected chi connectivity index (χ0v) is 24.9. The third-order valence-corrected chi connectivity index (χ3v) is 10.2. The molecule has 33 heavy (non-hydrogen) atoms. The van der Waals surface area contributed by atoms with Crippen LogP contribution in [0.2, 0.25) is 0 Å². The molecule has 0 aliphatic rings. The fourth-order valence-electron chi connectivity index (χ4n) is 3.66. The van der Waals surface area contributed by atoms with E-state index in [1.807, 2.05) is 38.3 Å². The third-order valence-electron chi connectivity index (χ3n) is 5.70. The second-order valence-electron chi connectivity index (χ2n) is 9.37. The molecule has 0 spiro atoms. The van der Waals surface area contributed by atoms with Gasteiger partial charge in [0.15, 0.2) is 0 Å². The highest BCUT2D eigenvalue weighted by atomic mass is 33.5. The van der Waals surface area contributed by atoms with Crippen LogP contribution in [0, 0.1) is 0 Å². The number of esters is 1. The quantitative estimate of drug-likeness (QED) is 0.0684. The van der Waals surface area contributed by atoms with Gasteiger partial charge in [-0.05, 0) is 69.7 Å². The summed E-state index contributed by atoms with van der Waals surface area (Å²) in [5.41, 5.74) is 0. The van der Waals surface area contributed by atoms with Crippen molar-refractivity contribution in [2.45, 2.75) is 110 Å². The van der Waals surface area contributed by atoms with Crippen LogP contribution in [0.4, 0.5) is 0 Å². The normalized spacial score (nSPS) is 12.6. The van der Waals surface area contributed by atoms with Gasteiger partial charge in [0, 0.05) is 18.1 Å². The summed E-state index contributed by atoms with van der Waals surface area (Å²) in [4.78, 5) is 16.7. The number of hydrogen-bond acceptors (Lipinski definition) is 7. The Kier molecular flexibility index (Phi) is 25.9. The second kappa shape index (κ2) is 25.5. The number of nitrogens with zero attached hydrogens (tertiary/aromatic N) is 2. The Labute approximate surface area is 218 Å². The predicted octanol–water partition coefficient (Wildman–Crippen LogP) is 7.92. The summed E-state index contributed by atoms with van der Waals surface area (Å²) in [6.07, 6.45) is 16.8. The molecule has 0 aromatic rings.